The van der Waals surface area contributed by atoms with Gasteiger partial charge in [-0.15, -0.1) is 0 Å². The van der Waals surface area contributed by atoms with Gasteiger partial charge in [0, 0.05) is 0 Å². The van der Waals surface area contributed by atoms with Crippen LogP contribution in [0.3, 0.4) is 0 Å². The number of hydrogen-bond acceptors (Lipinski definition) is 0. The molecule has 0 amide bonds. The van der Waals surface area contributed by atoms with Gasteiger partial charge in [-0.3, -0.25) is 0 Å². The number of hydrogen-bond donors (Lipinski definition) is 0. The first-order valence-corrected chi connectivity index (χ1v) is 7.12. The first-order valence-electron chi connectivity index (χ1n) is 4.71. The quantitative estimate of drug-likeness (QED) is 0.481. The Morgan fingerprint density at radius 2 is 1.00 bits per heavy atom. The van der Waals surface area contributed by atoms with Crippen LogP contribution < -0.4 is 0 Å². The van der Waals surface area contributed by atoms with E-state index in [1.165, 1.54) is 0 Å². The van der Waals surface area contributed by atoms with E-state index in [9.17, 15) is 0 Å². The highest BCUT2D eigenvalue weighted by atomic mass is 28.3. The zero-order valence-electron chi connectivity index (χ0n) is 8.91. The van der Waals surface area contributed by atoms with Crippen molar-refractivity contribution in [3.05, 3.63) is 0 Å². The molecule has 1 aliphatic heterocycles. The average molecular weight is 170 g/mol. The Labute approximate surface area is 72.4 Å². The Kier molecular flexibility index (Phi) is 1.80. The minimum absolute atomic E-state index is 0.630. The molecule has 1 saturated heterocycles. The van der Waals surface area contributed by atoms with Gasteiger partial charge in [-0.1, -0.05) is 53.6 Å². The second kappa shape index (κ2) is 2.12. The van der Waals surface area contributed by atoms with E-state index in [1.807, 2.05) is 0 Å². The first-order chi connectivity index (χ1) is 4.71. The van der Waals surface area contributed by atoms with Gasteiger partial charge in [-0.25, -0.2) is 0 Å². The average Bonchev–Trinajstić information content (AvgIpc) is 2.31. The molecule has 1 rings (SSSR count). The van der Waals surface area contributed by atoms with Gasteiger partial charge in [0.2, 0.25) is 0 Å². The fourth-order valence-corrected chi connectivity index (χ4v) is 9.00. The van der Waals surface area contributed by atoms with E-state index in [1.54, 1.807) is 12.1 Å². The van der Waals surface area contributed by atoms with Crippen LogP contribution in [0, 0.1) is 0 Å². The summed E-state index contributed by atoms with van der Waals surface area (Å²) in [5.74, 6) is 0. The van der Waals surface area contributed by atoms with E-state index in [0.717, 1.165) is 0 Å². The molecule has 1 heteroatoms. The lowest BCUT2D eigenvalue weighted by Crippen LogP contribution is -2.37. The van der Waals surface area contributed by atoms with Crippen LogP contribution in [0.2, 0.25) is 22.2 Å². The summed E-state index contributed by atoms with van der Waals surface area (Å²) in [6.45, 7) is 14.7. The Balaban J connectivity index is 2.85. The Morgan fingerprint density at radius 1 is 0.727 bits per heavy atom. The topological polar surface area (TPSA) is 0 Å². The molecular weight excluding hydrogens is 148 g/mol. The van der Waals surface area contributed by atoms with Crippen molar-refractivity contribution in [2.75, 3.05) is 0 Å². The molecule has 1 aliphatic rings. The van der Waals surface area contributed by atoms with E-state index < -0.39 is 8.07 Å². The van der Waals surface area contributed by atoms with E-state index >= 15 is 0 Å². The van der Waals surface area contributed by atoms with Gasteiger partial charge < -0.3 is 0 Å². The molecule has 0 aliphatic carbocycles. The smallest absolute Gasteiger partial charge is 0.0625 e. The maximum atomic E-state index is 2.44. The van der Waals surface area contributed by atoms with Gasteiger partial charge in [-0.05, 0) is 10.1 Å². The van der Waals surface area contributed by atoms with Gasteiger partial charge in [0.15, 0.2) is 0 Å². The van der Waals surface area contributed by atoms with E-state index in [0.29, 0.717) is 10.1 Å². The fraction of sp³-hybridized carbons (Fsp3) is 1.00. The van der Waals surface area contributed by atoms with Crippen LogP contribution in [0.15, 0.2) is 0 Å². The summed E-state index contributed by atoms with van der Waals surface area (Å²) in [6, 6.07) is 3.14. The molecule has 0 aromatic rings. The minimum atomic E-state index is -0.856. The highest BCUT2D eigenvalue weighted by Gasteiger charge is 2.60. The van der Waals surface area contributed by atoms with Crippen LogP contribution in [-0.4, -0.2) is 8.07 Å². The zero-order chi connectivity index (χ0) is 8.91. The van der Waals surface area contributed by atoms with Gasteiger partial charge in [0.05, 0.1) is 8.07 Å². The normalized spacial score (nSPS) is 23.5. The van der Waals surface area contributed by atoms with Crippen LogP contribution in [0.25, 0.3) is 0 Å². The van der Waals surface area contributed by atoms with E-state index in [2.05, 4.69) is 41.5 Å². The lowest BCUT2D eigenvalue weighted by molar-refractivity contribution is 0.639. The lowest BCUT2D eigenvalue weighted by Gasteiger charge is -2.40. The van der Waals surface area contributed by atoms with Crippen molar-refractivity contribution in [1.29, 1.82) is 0 Å². The van der Waals surface area contributed by atoms with Crippen molar-refractivity contribution < 1.29 is 0 Å². The third kappa shape index (κ3) is 1.28. The summed E-state index contributed by atoms with van der Waals surface area (Å²) in [7, 11) is -0.856. The standard InChI is InChI=1S/C10H22Si/c1-9(2,3)11(7-8-11)10(4,5)6/h7-8H2,1-6H3. The van der Waals surface area contributed by atoms with Gasteiger partial charge in [-0.2, -0.15) is 0 Å². The van der Waals surface area contributed by atoms with Gasteiger partial charge in [0.1, 0.15) is 0 Å². The SMILES string of the molecule is CC(C)(C)[Si]1(C(C)(C)C)CC1. The predicted molar refractivity (Wildman–Crippen MR) is 54.8 cm³/mol. The zero-order valence-corrected chi connectivity index (χ0v) is 9.91. The van der Waals surface area contributed by atoms with E-state index in [4.69, 9.17) is 0 Å². The molecule has 1 fully saturated rings. The maximum absolute atomic E-state index is 2.44. The largest absolute Gasteiger partial charge is 0.0638 e. The molecule has 0 unspecified atom stereocenters. The third-order valence-corrected chi connectivity index (χ3v) is 10.9. The Hall–Kier alpha value is 0.217. The summed E-state index contributed by atoms with van der Waals surface area (Å²) in [5.41, 5.74) is 0. The molecule has 66 valence electrons. The molecular formula is C10H22Si. The molecule has 11 heavy (non-hydrogen) atoms. The maximum Gasteiger partial charge on any atom is 0.0638 e. The minimum Gasteiger partial charge on any atom is -0.0625 e. The van der Waals surface area contributed by atoms with Crippen molar-refractivity contribution in [3.63, 3.8) is 0 Å². The second-order valence-electron chi connectivity index (χ2n) is 6.08. The highest BCUT2D eigenvalue weighted by molar-refractivity contribution is 6.93. The van der Waals surface area contributed by atoms with Crippen LogP contribution >= 0.6 is 0 Å². The van der Waals surface area contributed by atoms with E-state index in [-0.39, 0.29) is 0 Å². The molecule has 0 nitrogen and oxygen atoms in total. The molecule has 0 spiro atoms. The summed E-state index contributed by atoms with van der Waals surface area (Å²) in [6.07, 6.45) is 0. The van der Waals surface area contributed by atoms with Crippen molar-refractivity contribution in [3.8, 4) is 0 Å². The van der Waals surface area contributed by atoms with Crippen LogP contribution in [-0.2, 0) is 0 Å². The van der Waals surface area contributed by atoms with Gasteiger partial charge >= 0.3 is 0 Å². The molecule has 0 atom stereocenters. The molecule has 0 saturated carbocycles. The summed E-state index contributed by atoms with van der Waals surface area (Å²) < 4.78 is 0. The first kappa shape index (κ1) is 9.31. The molecule has 0 N–H and O–H groups in total. The van der Waals surface area contributed by atoms with Crippen molar-refractivity contribution in [2.45, 2.75) is 63.7 Å². The predicted octanol–water partition coefficient (Wildman–Crippen LogP) is 4.05. The monoisotopic (exact) mass is 170 g/mol. The van der Waals surface area contributed by atoms with Crippen LogP contribution in [0.4, 0.5) is 0 Å². The Morgan fingerprint density at radius 3 is 1.00 bits per heavy atom. The van der Waals surface area contributed by atoms with Crippen molar-refractivity contribution in [1.82, 2.24) is 0 Å². The molecule has 0 aromatic heterocycles. The Bertz CT molecular complexity index is 137. The third-order valence-electron chi connectivity index (χ3n) is 3.62. The van der Waals surface area contributed by atoms with Crippen molar-refractivity contribution in [2.24, 2.45) is 0 Å². The summed E-state index contributed by atoms with van der Waals surface area (Å²) >= 11 is 0. The molecule has 0 bridgehead atoms. The molecule has 0 aromatic carbocycles. The second-order valence-corrected chi connectivity index (χ2v) is 12.2. The van der Waals surface area contributed by atoms with Gasteiger partial charge in [0.25, 0.3) is 0 Å². The molecule has 1 heterocycles. The van der Waals surface area contributed by atoms with Crippen molar-refractivity contribution >= 4 is 8.07 Å². The number of rotatable bonds is 0. The molecule has 0 radical (unpaired) electrons. The lowest BCUT2D eigenvalue weighted by atomic mass is 10.2. The summed E-state index contributed by atoms with van der Waals surface area (Å²) in [5, 5.41) is 1.26. The summed E-state index contributed by atoms with van der Waals surface area (Å²) in [4.78, 5) is 0. The van der Waals surface area contributed by atoms with Crippen LogP contribution in [0.5, 0.6) is 0 Å². The highest BCUT2D eigenvalue weighted by Crippen LogP contribution is 2.65. The fourth-order valence-electron chi connectivity index (χ4n) is 2.75. The van der Waals surface area contributed by atoms with Crippen LogP contribution in [0.1, 0.15) is 41.5 Å².